The van der Waals surface area contributed by atoms with E-state index < -0.39 is 11.9 Å². The number of nitrogens with one attached hydrogen (secondary N) is 3. The smallest absolute Gasteiger partial charge is 0.337 e. The molecule has 3 aromatic rings. The molecule has 3 rings (SSSR count). The summed E-state index contributed by atoms with van der Waals surface area (Å²) in [4.78, 5) is 23.9. The van der Waals surface area contributed by atoms with Crippen LogP contribution >= 0.6 is 11.6 Å². The maximum atomic E-state index is 12.1. The van der Waals surface area contributed by atoms with E-state index in [9.17, 15) is 14.7 Å². The van der Waals surface area contributed by atoms with E-state index in [1.165, 1.54) is 10.9 Å². The molecule has 3 amide bonds. The Morgan fingerprint density at radius 3 is 2.38 bits per heavy atom. The maximum absolute atomic E-state index is 12.1. The molecule has 26 heavy (non-hydrogen) atoms. The van der Waals surface area contributed by atoms with E-state index >= 15 is 0 Å². The van der Waals surface area contributed by atoms with Crippen molar-refractivity contribution in [2.24, 2.45) is 0 Å². The molecule has 0 radical (unpaired) electrons. The third-order valence-corrected chi connectivity index (χ3v) is 3.57. The minimum Gasteiger partial charge on any atom is -0.504 e. The highest BCUT2D eigenvalue weighted by Gasteiger charge is 2.17. The third-order valence-electron chi connectivity index (χ3n) is 3.32. The van der Waals surface area contributed by atoms with Crippen LogP contribution in [0.2, 0.25) is 5.02 Å². The van der Waals surface area contributed by atoms with Gasteiger partial charge >= 0.3 is 6.03 Å². The van der Waals surface area contributed by atoms with E-state index in [1.54, 1.807) is 48.5 Å². The topological polar surface area (TPSA) is 108 Å². The van der Waals surface area contributed by atoms with Gasteiger partial charge in [-0.2, -0.15) is 5.10 Å². The van der Waals surface area contributed by atoms with Crippen LogP contribution in [0.1, 0.15) is 10.5 Å². The first-order chi connectivity index (χ1) is 12.5. The number of carbonyl (C=O) groups is 2. The molecule has 4 N–H and O–H groups in total. The number of para-hydroxylation sites is 1. The van der Waals surface area contributed by atoms with E-state index in [0.29, 0.717) is 16.4 Å². The van der Waals surface area contributed by atoms with Crippen LogP contribution in [0.3, 0.4) is 0 Å². The van der Waals surface area contributed by atoms with Crippen molar-refractivity contribution in [3.8, 4) is 11.4 Å². The van der Waals surface area contributed by atoms with Crippen molar-refractivity contribution in [2.75, 3.05) is 5.32 Å². The van der Waals surface area contributed by atoms with E-state index in [1.807, 2.05) is 6.07 Å². The van der Waals surface area contributed by atoms with Gasteiger partial charge in [0.2, 0.25) is 0 Å². The molecule has 0 fully saturated rings. The maximum Gasteiger partial charge on any atom is 0.337 e. The molecule has 1 heterocycles. The fourth-order valence-corrected chi connectivity index (χ4v) is 2.24. The van der Waals surface area contributed by atoms with Crippen molar-refractivity contribution >= 4 is 29.2 Å². The van der Waals surface area contributed by atoms with E-state index in [4.69, 9.17) is 11.6 Å². The molecule has 1 aromatic heterocycles. The number of aromatic hydroxyl groups is 1. The second-order valence-electron chi connectivity index (χ2n) is 5.18. The van der Waals surface area contributed by atoms with Crippen molar-refractivity contribution < 1.29 is 14.7 Å². The highest BCUT2D eigenvalue weighted by molar-refractivity contribution is 6.30. The summed E-state index contributed by atoms with van der Waals surface area (Å²) in [5.74, 6) is -1.10. The summed E-state index contributed by atoms with van der Waals surface area (Å²) in [6.07, 6.45) is 1.28. The van der Waals surface area contributed by atoms with Crippen molar-refractivity contribution in [3.63, 3.8) is 0 Å². The van der Waals surface area contributed by atoms with Crippen LogP contribution in [0.15, 0.2) is 60.8 Å². The first-order valence-electron chi connectivity index (χ1n) is 7.50. The predicted molar refractivity (Wildman–Crippen MR) is 96.3 cm³/mol. The number of halogens is 1. The van der Waals surface area contributed by atoms with Crippen LogP contribution in [-0.2, 0) is 0 Å². The van der Waals surface area contributed by atoms with Gasteiger partial charge < -0.3 is 10.4 Å². The standard InChI is InChI=1S/C17H14ClN5O3/c18-11-6-8-13(9-7-11)23-10-14(24)15(22-23)16(25)20-21-17(26)19-12-4-2-1-3-5-12/h1-10,24H,(H,20,25)(H2,19,21,26). The van der Waals surface area contributed by atoms with Gasteiger partial charge in [-0.3, -0.25) is 10.2 Å². The molecule has 9 heteroatoms. The zero-order valence-corrected chi connectivity index (χ0v) is 14.1. The number of hydrogen-bond donors (Lipinski definition) is 4. The Bertz CT molecular complexity index is 925. The number of carbonyl (C=O) groups excluding carboxylic acids is 2. The summed E-state index contributed by atoms with van der Waals surface area (Å²) in [5.41, 5.74) is 5.30. The van der Waals surface area contributed by atoms with Crippen LogP contribution in [0.25, 0.3) is 5.69 Å². The molecule has 0 aliphatic carbocycles. The van der Waals surface area contributed by atoms with E-state index in [0.717, 1.165) is 0 Å². The van der Waals surface area contributed by atoms with Crippen LogP contribution < -0.4 is 16.2 Å². The summed E-state index contributed by atoms with van der Waals surface area (Å²) >= 11 is 5.83. The van der Waals surface area contributed by atoms with Crippen molar-refractivity contribution in [2.45, 2.75) is 0 Å². The Balaban J connectivity index is 1.63. The molecule has 0 spiro atoms. The number of rotatable bonds is 3. The molecule has 132 valence electrons. The minimum absolute atomic E-state index is 0.236. The summed E-state index contributed by atoms with van der Waals surface area (Å²) in [7, 11) is 0. The largest absolute Gasteiger partial charge is 0.504 e. The lowest BCUT2D eigenvalue weighted by atomic mass is 10.3. The van der Waals surface area contributed by atoms with Gasteiger partial charge in [-0.05, 0) is 36.4 Å². The second-order valence-corrected chi connectivity index (χ2v) is 5.62. The highest BCUT2D eigenvalue weighted by Crippen LogP contribution is 2.19. The molecule has 2 aromatic carbocycles. The molecular weight excluding hydrogens is 358 g/mol. The van der Waals surface area contributed by atoms with E-state index in [2.05, 4.69) is 21.3 Å². The Hall–Kier alpha value is -3.52. The number of urea groups is 1. The molecule has 0 saturated carbocycles. The van der Waals surface area contributed by atoms with Gasteiger partial charge in [0, 0.05) is 10.7 Å². The SMILES string of the molecule is O=C(NNC(=O)c1nn(-c2ccc(Cl)cc2)cc1O)Nc1ccccc1. The number of nitrogens with zero attached hydrogens (tertiary/aromatic N) is 2. The number of anilines is 1. The predicted octanol–water partition coefficient (Wildman–Crippen LogP) is 2.70. The molecule has 0 aliphatic rings. The molecule has 0 unspecified atom stereocenters. The number of aromatic nitrogens is 2. The number of benzene rings is 2. The average Bonchev–Trinajstić information content (AvgIpc) is 3.03. The first kappa shape index (κ1) is 17.3. The Kier molecular flexibility index (Phi) is 5.04. The van der Waals surface area contributed by atoms with Crippen molar-refractivity contribution in [3.05, 3.63) is 71.5 Å². The van der Waals surface area contributed by atoms with Gasteiger partial charge in [0.15, 0.2) is 11.4 Å². The van der Waals surface area contributed by atoms with Crippen LogP contribution in [0.4, 0.5) is 10.5 Å². The second kappa shape index (κ2) is 7.58. The lowest BCUT2D eigenvalue weighted by molar-refractivity contribution is 0.0930. The van der Waals surface area contributed by atoms with E-state index in [-0.39, 0.29) is 11.4 Å². The van der Waals surface area contributed by atoms with Crippen molar-refractivity contribution in [1.82, 2.24) is 20.6 Å². The fraction of sp³-hybridized carbons (Fsp3) is 0. The summed E-state index contributed by atoms with van der Waals surface area (Å²) in [6.45, 7) is 0. The molecular formula is C17H14ClN5O3. The monoisotopic (exact) mass is 371 g/mol. The zero-order valence-electron chi connectivity index (χ0n) is 13.3. The summed E-state index contributed by atoms with van der Waals surface area (Å²) in [6, 6.07) is 14.8. The van der Waals surface area contributed by atoms with Gasteiger partial charge in [0.05, 0.1) is 11.9 Å². The Morgan fingerprint density at radius 1 is 1.00 bits per heavy atom. The average molecular weight is 372 g/mol. The fourth-order valence-electron chi connectivity index (χ4n) is 2.11. The molecule has 0 saturated heterocycles. The van der Waals surface area contributed by atoms with Crippen LogP contribution in [0, 0.1) is 0 Å². The normalized spacial score (nSPS) is 10.2. The number of hydrogen-bond acceptors (Lipinski definition) is 4. The lowest BCUT2D eigenvalue weighted by Gasteiger charge is -2.08. The quantitative estimate of drug-likeness (QED) is 0.531. The molecule has 8 nitrogen and oxygen atoms in total. The minimum atomic E-state index is -0.765. The number of hydrazine groups is 1. The highest BCUT2D eigenvalue weighted by atomic mass is 35.5. The molecule has 0 aliphatic heterocycles. The van der Waals surface area contributed by atoms with Gasteiger partial charge in [-0.15, -0.1) is 0 Å². The number of amides is 3. The zero-order chi connectivity index (χ0) is 18.5. The van der Waals surface area contributed by atoms with Gasteiger partial charge in [0.1, 0.15) is 0 Å². The summed E-state index contributed by atoms with van der Waals surface area (Å²) in [5, 5.41) is 17.0. The van der Waals surface area contributed by atoms with Crippen LogP contribution in [0.5, 0.6) is 5.75 Å². The Labute approximate surface area is 153 Å². The van der Waals surface area contributed by atoms with Crippen LogP contribution in [-0.4, -0.2) is 26.8 Å². The summed E-state index contributed by atoms with van der Waals surface area (Å²) < 4.78 is 1.32. The first-order valence-corrected chi connectivity index (χ1v) is 7.87. The Morgan fingerprint density at radius 2 is 1.69 bits per heavy atom. The van der Waals surface area contributed by atoms with Gasteiger partial charge in [-0.1, -0.05) is 29.8 Å². The molecule has 0 bridgehead atoms. The molecule has 0 atom stereocenters. The van der Waals surface area contributed by atoms with Gasteiger partial charge in [0.25, 0.3) is 5.91 Å². The van der Waals surface area contributed by atoms with Crippen molar-refractivity contribution in [1.29, 1.82) is 0 Å². The van der Waals surface area contributed by atoms with Gasteiger partial charge in [-0.25, -0.2) is 14.9 Å². The lowest BCUT2D eigenvalue weighted by Crippen LogP contribution is -2.44. The third kappa shape index (κ3) is 4.11.